The molecule has 4 unspecified atom stereocenters. The minimum Gasteiger partial charge on any atom is -0.338 e. The van der Waals surface area contributed by atoms with Crippen molar-refractivity contribution < 1.29 is 14.4 Å². The number of carbonyl (C=O) groups excluding carboxylic acids is 3. The van der Waals surface area contributed by atoms with Crippen molar-refractivity contribution in [1.29, 1.82) is 0 Å². The minimum atomic E-state index is -0.873. The van der Waals surface area contributed by atoms with E-state index in [0.717, 1.165) is 18.4 Å². The Morgan fingerprint density at radius 3 is 2.30 bits per heavy atom. The number of aromatic nitrogens is 2. The van der Waals surface area contributed by atoms with Crippen molar-refractivity contribution in [3.63, 3.8) is 0 Å². The van der Waals surface area contributed by atoms with Gasteiger partial charge in [-0.15, -0.1) is 11.3 Å². The van der Waals surface area contributed by atoms with Crippen molar-refractivity contribution in [3.05, 3.63) is 73.7 Å². The minimum absolute atomic E-state index is 0.0988. The van der Waals surface area contributed by atoms with Crippen molar-refractivity contribution in [2.75, 3.05) is 26.2 Å². The van der Waals surface area contributed by atoms with E-state index in [9.17, 15) is 14.4 Å². The van der Waals surface area contributed by atoms with E-state index in [1.54, 1.807) is 34.8 Å². The number of thiophene rings is 1. The molecule has 8 nitrogen and oxygen atoms in total. The molecule has 2 aliphatic heterocycles. The zero-order valence-electron chi connectivity index (χ0n) is 22.3. The molecule has 1 saturated carbocycles. The van der Waals surface area contributed by atoms with Crippen LogP contribution in [0.25, 0.3) is 0 Å². The summed E-state index contributed by atoms with van der Waals surface area (Å²) in [5.41, 5.74) is 2.06. The van der Waals surface area contributed by atoms with Gasteiger partial charge in [-0.05, 0) is 48.9 Å². The number of nitrogens with one attached hydrogen (secondary N) is 1. The predicted molar refractivity (Wildman–Crippen MR) is 155 cm³/mol. The molecular weight excluding hydrogens is 569 g/mol. The standard InChI is InChI=1S/C29H31Cl2N5O3S/c1-16-21(27(31)34(2)33-16)24-23(26(37)20-4-3-15-40-20)22(17-7-9-19(30)10-8-17)25(36(24)28(38)18-5-6-18)29(39)35-13-11-32-12-14-35/h3-4,7-10,15,18,22-25,32H,5-6,11-14H2,1-2H3. The monoisotopic (exact) mass is 599 g/mol. The van der Waals surface area contributed by atoms with Crippen molar-refractivity contribution in [2.24, 2.45) is 18.9 Å². The highest BCUT2D eigenvalue weighted by Gasteiger charge is 2.60. The van der Waals surface area contributed by atoms with Crippen LogP contribution in [0.2, 0.25) is 10.2 Å². The summed E-state index contributed by atoms with van der Waals surface area (Å²) in [6, 6.07) is 9.33. The van der Waals surface area contributed by atoms with Crippen molar-refractivity contribution in [3.8, 4) is 0 Å². The predicted octanol–water partition coefficient (Wildman–Crippen LogP) is 4.47. The Kier molecular flexibility index (Phi) is 7.50. The molecule has 3 aromatic rings. The lowest BCUT2D eigenvalue weighted by molar-refractivity contribution is -0.147. The Morgan fingerprint density at radius 1 is 1.02 bits per heavy atom. The summed E-state index contributed by atoms with van der Waals surface area (Å²) in [5.74, 6) is -1.86. The third kappa shape index (κ3) is 4.76. The van der Waals surface area contributed by atoms with Gasteiger partial charge in [-0.25, -0.2) is 0 Å². The summed E-state index contributed by atoms with van der Waals surface area (Å²) in [5, 5.41) is 10.6. The van der Waals surface area contributed by atoms with Gasteiger partial charge < -0.3 is 15.1 Å². The van der Waals surface area contributed by atoms with Gasteiger partial charge in [-0.1, -0.05) is 41.4 Å². The zero-order chi connectivity index (χ0) is 28.1. The van der Waals surface area contributed by atoms with E-state index in [1.165, 1.54) is 11.3 Å². The summed E-state index contributed by atoms with van der Waals surface area (Å²) in [6.07, 6.45) is 1.54. The normalized spacial score (nSPS) is 24.9. The van der Waals surface area contributed by atoms with Crippen LogP contribution in [-0.2, 0) is 16.6 Å². The average Bonchev–Trinajstić information content (AvgIpc) is 3.45. The number of piperazine rings is 1. The van der Waals surface area contributed by atoms with Crippen LogP contribution in [-0.4, -0.2) is 69.4 Å². The van der Waals surface area contributed by atoms with E-state index in [4.69, 9.17) is 23.2 Å². The van der Waals surface area contributed by atoms with E-state index in [1.807, 2.05) is 35.4 Å². The number of hydrogen-bond donors (Lipinski definition) is 1. The molecule has 1 aliphatic carbocycles. The van der Waals surface area contributed by atoms with Gasteiger partial charge in [0, 0.05) is 55.6 Å². The van der Waals surface area contributed by atoms with Crippen LogP contribution in [0.15, 0.2) is 41.8 Å². The highest BCUT2D eigenvalue weighted by Crippen LogP contribution is 2.55. The Bertz CT molecular complexity index is 1430. The number of aryl methyl sites for hydroxylation is 2. The van der Waals surface area contributed by atoms with E-state index in [2.05, 4.69) is 10.4 Å². The number of Topliss-reactive ketones (excluding diaryl/α,β-unsaturated/α-hetero) is 1. The first-order chi connectivity index (χ1) is 19.3. The maximum atomic E-state index is 14.5. The maximum Gasteiger partial charge on any atom is 0.246 e. The molecule has 0 radical (unpaired) electrons. The van der Waals surface area contributed by atoms with E-state index in [-0.39, 0.29) is 23.5 Å². The van der Waals surface area contributed by atoms with Gasteiger partial charge in [0.15, 0.2) is 5.78 Å². The van der Waals surface area contributed by atoms with Crippen molar-refractivity contribution in [1.82, 2.24) is 24.9 Å². The van der Waals surface area contributed by atoms with Crippen LogP contribution in [0.3, 0.4) is 0 Å². The number of ketones is 1. The largest absolute Gasteiger partial charge is 0.338 e. The van der Waals surface area contributed by atoms with E-state index >= 15 is 0 Å². The second-order valence-electron chi connectivity index (χ2n) is 10.8. The highest BCUT2D eigenvalue weighted by molar-refractivity contribution is 7.12. The first-order valence-corrected chi connectivity index (χ1v) is 15.2. The van der Waals surface area contributed by atoms with Gasteiger partial charge in [0.05, 0.1) is 22.5 Å². The van der Waals surface area contributed by atoms with Crippen LogP contribution < -0.4 is 5.32 Å². The van der Waals surface area contributed by atoms with Crippen molar-refractivity contribution >= 4 is 52.1 Å². The Hall–Kier alpha value is -2.72. The lowest BCUT2D eigenvalue weighted by Crippen LogP contribution is -2.55. The van der Waals surface area contributed by atoms with Crippen LogP contribution in [0.5, 0.6) is 0 Å². The summed E-state index contributed by atoms with van der Waals surface area (Å²) >= 11 is 14.5. The quantitative estimate of drug-likeness (QED) is 0.422. The van der Waals surface area contributed by atoms with Crippen LogP contribution in [0.1, 0.15) is 51.3 Å². The molecule has 3 fully saturated rings. The fourth-order valence-corrected chi connectivity index (χ4v) is 7.46. The number of halogens is 2. The number of amides is 2. The molecule has 3 aliphatic rings. The topological polar surface area (TPSA) is 87.5 Å². The molecule has 40 heavy (non-hydrogen) atoms. The van der Waals surface area contributed by atoms with Crippen molar-refractivity contribution in [2.45, 2.75) is 37.8 Å². The number of rotatable bonds is 6. The molecule has 1 aromatic carbocycles. The van der Waals surface area contributed by atoms with E-state index < -0.39 is 23.9 Å². The average molecular weight is 601 g/mol. The second kappa shape index (κ2) is 10.9. The SMILES string of the molecule is Cc1nn(C)c(Cl)c1C1C(C(=O)c2cccs2)C(c2ccc(Cl)cc2)C(C(=O)N2CCNCC2)N1C(=O)C1CC1. The number of benzene rings is 1. The van der Waals surface area contributed by atoms with E-state index in [0.29, 0.717) is 52.5 Å². The van der Waals surface area contributed by atoms with Gasteiger partial charge in [0.25, 0.3) is 0 Å². The van der Waals surface area contributed by atoms with Crippen LogP contribution in [0.4, 0.5) is 0 Å². The molecule has 1 N–H and O–H groups in total. The molecule has 2 aromatic heterocycles. The molecule has 2 saturated heterocycles. The van der Waals surface area contributed by atoms with Gasteiger partial charge >= 0.3 is 0 Å². The summed E-state index contributed by atoms with van der Waals surface area (Å²) < 4.78 is 1.57. The van der Waals surface area contributed by atoms with Gasteiger partial charge in [-0.3, -0.25) is 19.1 Å². The maximum absolute atomic E-state index is 14.5. The molecule has 11 heteroatoms. The first-order valence-electron chi connectivity index (χ1n) is 13.6. The number of carbonyl (C=O) groups is 3. The van der Waals surface area contributed by atoms with Crippen LogP contribution >= 0.6 is 34.5 Å². The van der Waals surface area contributed by atoms with Gasteiger partial charge in [-0.2, -0.15) is 5.10 Å². The Balaban J connectivity index is 1.60. The Morgan fingerprint density at radius 2 is 1.73 bits per heavy atom. The fourth-order valence-electron chi connectivity index (χ4n) is 6.34. The molecule has 0 bridgehead atoms. The molecule has 4 atom stereocenters. The fraction of sp³-hybridized carbons (Fsp3) is 0.448. The summed E-state index contributed by atoms with van der Waals surface area (Å²) in [7, 11) is 1.75. The Labute approximate surface area is 247 Å². The van der Waals surface area contributed by atoms with Gasteiger partial charge in [0.1, 0.15) is 11.2 Å². The lowest BCUT2D eigenvalue weighted by Gasteiger charge is -2.36. The summed E-state index contributed by atoms with van der Waals surface area (Å²) in [6.45, 7) is 4.27. The molecule has 2 amide bonds. The number of hydrogen-bond acceptors (Lipinski definition) is 6. The third-order valence-corrected chi connectivity index (χ3v) is 9.93. The molecule has 6 rings (SSSR count). The first kappa shape index (κ1) is 27.4. The van der Waals surface area contributed by atoms with Crippen LogP contribution in [0, 0.1) is 18.8 Å². The molecular formula is C29H31Cl2N5O3S. The third-order valence-electron chi connectivity index (χ3n) is 8.34. The molecule has 4 heterocycles. The summed E-state index contributed by atoms with van der Waals surface area (Å²) in [4.78, 5) is 47.4. The smallest absolute Gasteiger partial charge is 0.246 e. The second-order valence-corrected chi connectivity index (χ2v) is 12.6. The highest BCUT2D eigenvalue weighted by atomic mass is 35.5. The lowest BCUT2D eigenvalue weighted by atomic mass is 9.77. The molecule has 210 valence electrons. The van der Waals surface area contributed by atoms with Gasteiger partial charge in [0.2, 0.25) is 11.8 Å². The zero-order valence-corrected chi connectivity index (χ0v) is 24.7. The molecule has 0 spiro atoms. The number of likely N-dealkylation sites (tertiary alicyclic amines) is 1. The number of nitrogens with zero attached hydrogens (tertiary/aromatic N) is 4.